The van der Waals surface area contributed by atoms with E-state index in [0.717, 1.165) is 13.1 Å². The first-order valence-corrected chi connectivity index (χ1v) is 5.37. The summed E-state index contributed by atoms with van der Waals surface area (Å²) in [5, 5.41) is 15.9. The van der Waals surface area contributed by atoms with E-state index in [2.05, 4.69) is 10.4 Å². The van der Waals surface area contributed by atoms with Gasteiger partial charge in [-0.1, -0.05) is 0 Å². The van der Waals surface area contributed by atoms with E-state index in [1.165, 1.54) is 17.8 Å². The smallest absolute Gasteiger partial charge is 0.354 e. The molecule has 0 unspecified atom stereocenters. The molecule has 7 heteroatoms. The second kappa shape index (κ2) is 4.54. The van der Waals surface area contributed by atoms with E-state index < -0.39 is 5.97 Å². The molecule has 0 radical (unpaired) electrons. The Morgan fingerprint density at radius 2 is 2.06 bits per heavy atom. The molecule has 2 N–H and O–H groups in total. The molecule has 0 aliphatic carbocycles. The monoisotopic (exact) mass is 238 g/mol. The van der Waals surface area contributed by atoms with Gasteiger partial charge in [-0.05, 0) is 0 Å². The van der Waals surface area contributed by atoms with Gasteiger partial charge in [0, 0.05) is 39.3 Å². The molecule has 1 amide bonds. The molecular weight excluding hydrogens is 224 g/mol. The van der Waals surface area contributed by atoms with Crippen molar-refractivity contribution in [3.63, 3.8) is 0 Å². The molecule has 0 aromatic carbocycles. The summed E-state index contributed by atoms with van der Waals surface area (Å²) in [5.74, 6) is -1.30. The van der Waals surface area contributed by atoms with Gasteiger partial charge in [0.1, 0.15) is 5.69 Å². The van der Waals surface area contributed by atoms with Crippen LogP contribution in [0.1, 0.15) is 21.0 Å². The molecule has 7 nitrogen and oxygen atoms in total. The number of nitrogens with one attached hydrogen (secondary N) is 1. The van der Waals surface area contributed by atoms with Crippen molar-refractivity contribution in [2.75, 3.05) is 26.2 Å². The van der Waals surface area contributed by atoms with Gasteiger partial charge < -0.3 is 15.3 Å². The van der Waals surface area contributed by atoms with E-state index in [-0.39, 0.29) is 17.3 Å². The second-order valence-corrected chi connectivity index (χ2v) is 3.89. The Labute approximate surface area is 98.0 Å². The van der Waals surface area contributed by atoms with Crippen LogP contribution < -0.4 is 5.32 Å². The number of hydrogen-bond acceptors (Lipinski definition) is 4. The molecule has 1 aromatic heterocycles. The molecule has 2 rings (SSSR count). The summed E-state index contributed by atoms with van der Waals surface area (Å²) in [6.07, 6.45) is 0. The first-order chi connectivity index (χ1) is 8.09. The van der Waals surface area contributed by atoms with E-state index >= 15 is 0 Å². The van der Waals surface area contributed by atoms with E-state index in [9.17, 15) is 9.59 Å². The van der Waals surface area contributed by atoms with Crippen molar-refractivity contribution in [2.45, 2.75) is 0 Å². The summed E-state index contributed by atoms with van der Waals surface area (Å²) in [7, 11) is 1.51. The zero-order chi connectivity index (χ0) is 12.4. The highest BCUT2D eigenvalue weighted by Gasteiger charge is 2.22. The fraction of sp³-hybridized carbons (Fsp3) is 0.500. The van der Waals surface area contributed by atoms with E-state index in [4.69, 9.17) is 5.11 Å². The van der Waals surface area contributed by atoms with Gasteiger partial charge >= 0.3 is 5.97 Å². The van der Waals surface area contributed by atoms with E-state index in [1.807, 2.05) is 0 Å². The fourth-order valence-corrected chi connectivity index (χ4v) is 1.80. The van der Waals surface area contributed by atoms with Crippen molar-refractivity contribution < 1.29 is 14.7 Å². The zero-order valence-electron chi connectivity index (χ0n) is 9.51. The molecule has 1 saturated heterocycles. The van der Waals surface area contributed by atoms with Gasteiger partial charge in [0.2, 0.25) is 0 Å². The van der Waals surface area contributed by atoms with Gasteiger partial charge in [0.25, 0.3) is 5.91 Å². The predicted octanol–water partition coefficient (Wildman–Crippen LogP) is -0.836. The average Bonchev–Trinajstić information content (AvgIpc) is 2.71. The summed E-state index contributed by atoms with van der Waals surface area (Å²) in [5.41, 5.74) is 0.204. The number of carboxylic acids is 1. The number of aryl methyl sites for hydroxylation is 1. The molecule has 1 fully saturated rings. The summed E-state index contributed by atoms with van der Waals surface area (Å²) in [4.78, 5) is 24.5. The maximum absolute atomic E-state index is 12.0. The first kappa shape index (κ1) is 11.6. The third-order valence-corrected chi connectivity index (χ3v) is 2.72. The summed E-state index contributed by atoms with van der Waals surface area (Å²) in [6.45, 7) is 2.75. The lowest BCUT2D eigenvalue weighted by Gasteiger charge is -2.26. The number of piperazine rings is 1. The minimum absolute atomic E-state index is 0.0171. The Kier molecular flexibility index (Phi) is 3.10. The highest BCUT2D eigenvalue weighted by molar-refractivity contribution is 5.95. The maximum Gasteiger partial charge on any atom is 0.354 e. The number of amides is 1. The van der Waals surface area contributed by atoms with Crippen LogP contribution in [-0.4, -0.2) is 57.8 Å². The molecular formula is C10H14N4O3. The van der Waals surface area contributed by atoms with Crippen molar-refractivity contribution in [1.29, 1.82) is 0 Å². The lowest BCUT2D eigenvalue weighted by Crippen LogP contribution is -2.46. The van der Waals surface area contributed by atoms with Gasteiger partial charge in [-0.2, -0.15) is 5.10 Å². The summed E-state index contributed by atoms with van der Waals surface area (Å²) < 4.78 is 1.21. The standard InChI is InChI=1S/C10H14N4O3/c1-13-8(10(16)17)6-7(12-13)9(15)14-4-2-11-3-5-14/h6,11H,2-5H2,1H3,(H,16,17). The lowest BCUT2D eigenvalue weighted by molar-refractivity contribution is 0.0683. The zero-order valence-corrected chi connectivity index (χ0v) is 9.51. The van der Waals surface area contributed by atoms with Crippen molar-refractivity contribution >= 4 is 11.9 Å². The van der Waals surface area contributed by atoms with Crippen molar-refractivity contribution in [2.24, 2.45) is 7.05 Å². The normalized spacial score (nSPS) is 15.9. The van der Waals surface area contributed by atoms with Gasteiger partial charge in [-0.15, -0.1) is 0 Å². The third-order valence-electron chi connectivity index (χ3n) is 2.72. The Hall–Kier alpha value is -1.89. The van der Waals surface area contributed by atoms with E-state index in [0.29, 0.717) is 13.1 Å². The van der Waals surface area contributed by atoms with Gasteiger partial charge in [0.15, 0.2) is 5.69 Å². The fourth-order valence-electron chi connectivity index (χ4n) is 1.80. The predicted molar refractivity (Wildman–Crippen MR) is 58.9 cm³/mol. The maximum atomic E-state index is 12.0. The number of rotatable bonds is 2. The largest absolute Gasteiger partial charge is 0.477 e. The highest BCUT2D eigenvalue weighted by atomic mass is 16.4. The lowest BCUT2D eigenvalue weighted by atomic mass is 10.3. The van der Waals surface area contributed by atoms with Crippen LogP contribution in [-0.2, 0) is 7.05 Å². The second-order valence-electron chi connectivity index (χ2n) is 3.89. The topological polar surface area (TPSA) is 87.5 Å². The molecule has 1 aromatic rings. The number of aromatic nitrogens is 2. The SMILES string of the molecule is Cn1nc(C(=O)N2CCNCC2)cc1C(=O)O. The molecule has 1 aliphatic rings. The van der Waals surface area contributed by atoms with Crippen LogP contribution >= 0.6 is 0 Å². The molecule has 0 bridgehead atoms. The minimum atomic E-state index is -1.08. The minimum Gasteiger partial charge on any atom is -0.477 e. The summed E-state index contributed by atoms with van der Waals surface area (Å²) >= 11 is 0. The molecule has 0 atom stereocenters. The van der Waals surface area contributed by atoms with Crippen LogP contribution in [0.25, 0.3) is 0 Å². The average molecular weight is 238 g/mol. The Morgan fingerprint density at radius 1 is 1.41 bits per heavy atom. The molecule has 17 heavy (non-hydrogen) atoms. The Balaban J connectivity index is 2.19. The number of hydrogen-bond donors (Lipinski definition) is 2. The quantitative estimate of drug-likeness (QED) is 0.701. The van der Waals surface area contributed by atoms with Crippen LogP contribution in [0.4, 0.5) is 0 Å². The van der Waals surface area contributed by atoms with Crippen molar-refractivity contribution in [1.82, 2.24) is 20.0 Å². The number of carbonyl (C=O) groups is 2. The Bertz CT molecular complexity index is 448. The Morgan fingerprint density at radius 3 is 2.59 bits per heavy atom. The van der Waals surface area contributed by atoms with Crippen LogP contribution in [0.5, 0.6) is 0 Å². The number of carbonyl (C=O) groups excluding carboxylic acids is 1. The van der Waals surface area contributed by atoms with E-state index in [1.54, 1.807) is 4.90 Å². The molecule has 0 spiro atoms. The van der Waals surface area contributed by atoms with Crippen LogP contribution in [0.2, 0.25) is 0 Å². The van der Waals surface area contributed by atoms with Crippen LogP contribution in [0.3, 0.4) is 0 Å². The van der Waals surface area contributed by atoms with Gasteiger partial charge in [0.05, 0.1) is 0 Å². The van der Waals surface area contributed by atoms with Gasteiger partial charge in [-0.3, -0.25) is 9.48 Å². The highest BCUT2D eigenvalue weighted by Crippen LogP contribution is 2.07. The van der Waals surface area contributed by atoms with Crippen molar-refractivity contribution in [3.05, 3.63) is 17.5 Å². The number of aromatic carboxylic acids is 1. The van der Waals surface area contributed by atoms with Gasteiger partial charge in [-0.25, -0.2) is 4.79 Å². The number of carboxylic acid groups (broad SMARTS) is 1. The van der Waals surface area contributed by atoms with Crippen molar-refractivity contribution in [3.8, 4) is 0 Å². The third kappa shape index (κ3) is 2.28. The molecule has 0 saturated carbocycles. The number of nitrogens with zero attached hydrogens (tertiary/aromatic N) is 3. The molecule has 1 aliphatic heterocycles. The van der Waals surface area contributed by atoms with Crippen LogP contribution in [0, 0.1) is 0 Å². The molecule has 2 heterocycles. The molecule has 92 valence electrons. The summed E-state index contributed by atoms with van der Waals surface area (Å²) in [6, 6.07) is 1.31. The van der Waals surface area contributed by atoms with Crippen LogP contribution in [0.15, 0.2) is 6.07 Å². The first-order valence-electron chi connectivity index (χ1n) is 5.37.